The van der Waals surface area contributed by atoms with E-state index in [1.165, 1.54) is 6.42 Å². The molecule has 3 unspecified atom stereocenters. The molecule has 116 valence electrons. The smallest absolute Gasteiger partial charge is 0.338 e. The molecule has 1 aliphatic rings. The van der Waals surface area contributed by atoms with Crippen LogP contribution in [-0.4, -0.2) is 23.2 Å². The fraction of sp³-hybridized carbons (Fsp3) is 0.588. The van der Waals surface area contributed by atoms with Gasteiger partial charge in [0.15, 0.2) is 0 Å². The van der Waals surface area contributed by atoms with Crippen molar-refractivity contribution in [3.8, 4) is 0 Å². The lowest BCUT2D eigenvalue weighted by molar-refractivity contribution is -0.000632. The maximum absolute atomic E-state index is 12.2. The van der Waals surface area contributed by atoms with Crippen molar-refractivity contribution in [2.75, 3.05) is 17.3 Å². The minimum Gasteiger partial charge on any atom is -0.461 e. The lowest BCUT2D eigenvalue weighted by Gasteiger charge is -2.42. The van der Waals surface area contributed by atoms with E-state index in [-0.39, 0.29) is 16.8 Å². The van der Waals surface area contributed by atoms with Crippen LogP contribution in [0.1, 0.15) is 37.0 Å². The predicted molar refractivity (Wildman–Crippen MR) is 93.3 cm³/mol. The number of alkyl halides is 2. The molecule has 0 aromatic heterocycles. The summed E-state index contributed by atoms with van der Waals surface area (Å²) >= 11 is 7.31. The van der Waals surface area contributed by atoms with Crippen molar-refractivity contribution in [1.29, 1.82) is 0 Å². The van der Waals surface area contributed by atoms with Crippen LogP contribution < -0.4 is 0 Å². The van der Waals surface area contributed by atoms with Gasteiger partial charge in [0, 0.05) is 16.1 Å². The Morgan fingerprint density at radius 2 is 1.95 bits per heavy atom. The molecule has 0 aliphatic heterocycles. The molecule has 2 nitrogen and oxygen atoms in total. The first-order valence-corrected chi connectivity index (χ1v) is 9.55. The van der Waals surface area contributed by atoms with Crippen LogP contribution in [0.2, 0.25) is 0 Å². The lowest BCUT2D eigenvalue weighted by Crippen LogP contribution is -2.42. The Morgan fingerprint density at radius 1 is 1.29 bits per heavy atom. The summed E-state index contributed by atoms with van der Waals surface area (Å²) in [4.78, 5) is 12.2. The summed E-state index contributed by atoms with van der Waals surface area (Å²) in [6.45, 7) is 5.03. The number of carbonyl (C=O) groups excluding carboxylic acids is 1. The third kappa shape index (κ3) is 3.21. The second kappa shape index (κ2) is 6.82. The van der Waals surface area contributed by atoms with Gasteiger partial charge >= 0.3 is 5.97 Å². The van der Waals surface area contributed by atoms with Crippen molar-refractivity contribution >= 4 is 37.8 Å². The second-order valence-electron chi connectivity index (χ2n) is 6.44. The summed E-state index contributed by atoms with van der Waals surface area (Å²) in [5, 5.41) is 1.92. The van der Waals surface area contributed by atoms with Crippen molar-refractivity contribution in [2.45, 2.75) is 26.7 Å². The maximum Gasteiger partial charge on any atom is 0.338 e. The minimum absolute atomic E-state index is 0.0133. The van der Waals surface area contributed by atoms with Crippen LogP contribution in [0, 0.1) is 16.7 Å². The molecule has 1 fully saturated rings. The number of benzene rings is 1. The number of ether oxygens (including phenoxy) is 1. The van der Waals surface area contributed by atoms with Crippen molar-refractivity contribution in [3.05, 3.63) is 35.9 Å². The van der Waals surface area contributed by atoms with E-state index >= 15 is 0 Å². The van der Waals surface area contributed by atoms with Crippen LogP contribution in [0.15, 0.2) is 30.3 Å². The Bertz CT molecular complexity index is 491. The summed E-state index contributed by atoms with van der Waals surface area (Å²) in [5.41, 5.74) is 0.768. The zero-order valence-corrected chi connectivity index (χ0v) is 15.7. The first-order valence-electron chi connectivity index (χ1n) is 7.31. The topological polar surface area (TPSA) is 26.3 Å². The number of hydrogen-bond acceptors (Lipinski definition) is 2. The van der Waals surface area contributed by atoms with E-state index in [1.807, 2.05) is 18.2 Å². The summed E-state index contributed by atoms with van der Waals surface area (Å²) in [6, 6.07) is 9.21. The molecule has 0 spiro atoms. The SMILES string of the molecule is CC1(COC(=O)c2ccccc2)CCC(CBr)C1(C)CBr. The van der Waals surface area contributed by atoms with Gasteiger partial charge in [-0.05, 0) is 36.3 Å². The third-order valence-electron chi connectivity index (χ3n) is 5.32. The van der Waals surface area contributed by atoms with Crippen LogP contribution in [0.5, 0.6) is 0 Å². The first kappa shape index (κ1) is 17.0. The molecular formula is C17H22Br2O2. The molecule has 1 saturated carbocycles. The van der Waals surface area contributed by atoms with Gasteiger partial charge in [0.25, 0.3) is 0 Å². The minimum atomic E-state index is -0.226. The maximum atomic E-state index is 12.2. The molecule has 0 saturated heterocycles. The average Bonchev–Trinajstić information content (AvgIpc) is 2.78. The van der Waals surface area contributed by atoms with Crippen molar-refractivity contribution in [1.82, 2.24) is 0 Å². The van der Waals surface area contributed by atoms with Crippen molar-refractivity contribution in [2.24, 2.45) is 16.7 Å². The molecule has 21 heavy (non-hydrogen) atoms. The van der Waals surface area contributed by atoms with E-state index < -0.39 is 0 Å². The zero-order chi connectivity index (χ0) is 15.5. The molecule has 0 radical (unpaired) electrons. The molecule has 0 bridgehead atoms. The van der Waals surface area contributed by atoms with Crippen molar-refractivity contribution in [3.63, 3.8) is 0 Å². The van der Waals surface area contributed by atoms with Crippen LogP contribution in [0.3, 0.4) is 0 Å². The van der Waals surface area contributed by atoms with Gasteiger partial charge in [0.05, 0.1) is 12.2 Å². The van der Waals surface area contributed by atoms with Crippen molar-refractivity contribution < 1.29 is 9.53 Å². The van der Waals surface area contributed by atoms with Gasteiger partial charge in [-0.3, -0.25) is 0 Å². The molecule has 1 aliphatic carbocycles. The van der Waals surface area contributed by atoms with Crippen LogP contribution >= 0.6 is 31.9 Å². The van der Waals surface area contributed by atoms with Crippen LogP contribution in [0.4, 0.5) is 0 Å². The monoisotopic (exact) mass is 416 g/mol. The van der Waals surface area contributed by atoms with Gasteiger partial charge in [-0.25, -0.2) is 4.79 Å². The molecule has 0 heterocycles. The summed E-state index contributed by atoms with van der Waals surface area (Å²) in [5.74, 6) is 0.383. The molecule has 2 rings (SSSR count). The Labute approximate surface area is 143 Å². The molecule has 0 amide bonds. The van der Waals surface area contributed by atoms with E-state index in [0.717, 1.165) is 17.1 Å². The molecular weight excluding hydrogens is 396 g/mol. The fourth-order valence-electron chi connectivity index (χ4n) is 3.23. The summed E-state index contributed by atoms with van der Waals surface area (Å²) in [6.07, 6.45) is 2.26. The Kier molecular flexibility index (Phi) is 5.53. The van der Waals surface area contributed by atoms with E-state index in [4.69, 9.17) is 4.74 Å². The molecule has 3 atom stereocenters. The number of rotatable bonds is 5. The molecule has 1 aromatic carbocycles. The van der Waals surface area contributed by atoms with E-state index in [9.17, 15) is 4.79 Å². The van der Waals surface area contributed by atoms with E-state index in [0.29, 0.717) is 18.1 Å². The van der Waals surface area contributed by atoms with Crippen LogP contribution in [-0.2, 0) is 4.74 Å². The van der Waals surface area contributed by atoms with Gasteiger partial charge in [-0.15, -0.1) is 0 Å². The molecule has 1 aromatic rings. The number of esters is 1. The lowest BCUT2D eigenvalue weighted by atomic mass is 9.66. The highest BCUT2D eigenvalue weighted by Crippen LogP contribution is 2.57. The van der Waals surface area contributed by atoms with Gasteiger partial charge in [0.2, 0.25) is 0 Å². The standard InChI is InChI=1S/C17H22Br2O2/c1-16(9-8-14(10-18)17(16,2)11-19)12-21-15(20)13-6-4-3-5-7-13/h3-7,14H,8-12H2,1-2H3. The first-order chi connectivity index (χ1) is 9.97. The Hall–Kier alpha value is -0.350. The average molecular weight is 418 g/mol. The van der Waals surface area contributed by atoms with E-state index in [2.05, 4.69) is 45.7 Å². The highest BCUT2D eigenvalue weighted by atomic mass is 79.9. The van der Waals surface area contributed by atoms with Gasteiger partial charge < -0.3 is 4.74 Å². The summed E-state index contributed by atoms with van der Waals surface area (Å²) in [7, 11) is 0. The second-order valence-corrected chi connectivity index (χ2v) is 7.65. The third-order valence-corrected chi connectivity index (χ3v) is 7.27. The largest absolute Gasteiger partial charge is 0.461 e. The Morgan fingerprint density at radius 3 is 2.52 bits per heavy atom. The van der Waals surface area contributed by atoms with Gasteiger partial charge in [-0.2, -0.15) is 0 Å². The summed E-state index contributed by atoms with van der Waals surface area (Å²) < 4.78 is 5.63. The number of hydrogen-bond donors (Lipinski definition) is 0. The normalized spacial score (nSPS) is 32.1. The van der Waals surface area contributed by atoms with E-state index in [1.54, 1.807) is 12.1 Å². The Balaban J connectivity index is 2.06. The van der Waals surface area contributed by atoms with Gasteiger partial charge in [-0.1, -0.05) is 63.9 Å². The fourth-order valence-corrected chi connectivity index (χ4v) is 5.40. The number of carbonyl (C=O) groups is 1. The highest BCUT2D eigenvalue weighted by Gasteiger charge is 2.53. The number of halogens is 2. The quantitative estimate of drug-likeness (QED) is 0.494. The van der Waals surface area contributed by atoms with Crippen LogP contribution in [0.25, 0.3) is 0 Å². The van der Waals surface area contributed by atoms with Gasteiger partial charge in [0.1, 0.15) is 0 Å². The predicted octanol–water partition coefficient (Wildman–Crippen LogP) is 5.06. The highest BCUT2D eigenvalue weighted by molar-refractivity contribution is 9.09. The zero-order valence-electron chi connectivity index (χ0n) is 12.6. The molecule has 4 heteroatoms. The molecule has 0 N–H and O–H groups in total.